The molecule has 0 saturated heterocycles. The van der Waals surface area contributed by atoms with Gasteiger partial charge in [-0.3, -0.25) is 14.4 Å². The molecule has 27 heavy (non-hydrogen) atoms. The van der Waals surface area contributed by atoms with E-state index < -0.39 is 17.5 Å². The topological polar surface area (TPSA) is 71.4 Å². The molecule has 1 unspecified atom stereocenters. The number of fused-ring (bicyclic) bond motifs is 1. The minimum Gasteiger partial charge on any atom is -0.507 e. The van der Waals surface area contributed by atoms with Crippen LogP contribution in [-0.2, 0) is 16.0 Å². The van der Waals surface area contributed by atoms with Gasteiger partial charge in [-0.05, 0) is 68.1 Å². The van der Waals surface area contributed by atoms with Crippen molar-refractivity contribution in [3.8, 4) is 0 Å². The van der Waals surface area contributed by atoms with Gasteiger partial charge in [-0.15, -0.1) is 0 Å². The van der Waals surface area contributed by atoms with Gasteiger partial charge in [0.2, 0.25) is 0 Å². The van der Waals surface area contributed by atoms with E-state index >= 15 is 0 Å². The number of hydrogen-bond acceptors (Lipinski definition) is 4. The molecule has 0 radical (unpaired) electrons. The molecule has 138 valence electrons. The van der Waals surface area contributed by atoms with E-state index in [9.17, 15) is 23.9 Å². The first-order valence-electron chi connectivity index (χ1n) is 8.59. The Labute approximate surface area is 156 Å². The SMILES string of the molecule is CC(=O)c1ccc2c(c1)/C(=C(/O)c1ccc(F)c(C)c1)C(=O)C(C(C)=O)C2. The van der Waals surface area contributed by atoms with Gasteiger partial charge in [0.05, 0.1) is 11.5 Å². The lowest BCUT2D eigenvalue weighted by Gasteiger charge is -2.25. The van der Waals surface area contributed by atoms with Crippen molar-refractivity contribution in [2.75, 3.05) is 0 Å². The first kappa shape index (κ1) is 18.7. The van der Waals surface area contributed by atoms with Crippen molar-refractivity contribution >= 4 is 28.7 Å². The molecule has 4 nitrogen and oxygen atoms in total. The van der Waals surface area contributed by atoms with Crippen LogP contribution in [0, 0.1) is 18.7 Å². The van der Waals surface area contributed by atoms with Gasteiger partial charge < -0.3 is 5.11 Å². The van der Waals surface area contributed by atoms with Gasteiger partial charge in [0.25, 0.3) is 0 Å². The number of aliphatic hydroxyl groups is 1. The maximum Gasteiger partial charge on any atom is 0.177 e. The summed E-state index contributed by atoms with van der Waals surface area (Å²) < 4.78 is 13.6. The fourth-order valence-electron chi connectivity index (χ4n) is 3.33. The number of allylic oxidation sites excluding steroid dienone is 1. The van der Waals surface area contributed by atoms with Crippen molar-refractivity contribution in [1.29, 1.82) is 0 Å². The molecule has 2 aromatic carbocycles. The van der Waals surface area contributed by atoms with E-state index in [0.717, 1.165) is 0 Å². The number of carbonyl (C=O) groups excluding carboxylic acids is 3. The van der Waals surface area contributed by atoms with E-state index in [1.807, 2.05) is 0 Å². The molecule has 0 aliphatic heterocycles. The number of Topliss-reactive ketones (excluding diaryl/α,β-unsaturated/α-hetero) is 3. The third-order valence-corrected chi connectivity index (χ3v) is 4.93. The summed E-state index contributed by atoms with van der Waals surface area (Å²) in [6.45, 7) is 4.31. The Morgan fingerprint density at radius 3 is 2.33 bits per heavy atom. The zero-order chi connectivity index (χ0) is 19.9. The van der Waals surface area contributed by atoms with E-state index in [0.29, 0.717) is 22.3 Å². The fourth-order valence-corrected chi connectivity index (χ4v) is 3.33. The predicted molar refractivity (Wildman–Crippen MR) is 99.9 cm³/mol. The van der Waals surface area contributed by atoms with Gasteiger partial charge in [0.15, 0.2) is 11.6 Å². The second-order valence-corrected chi connectivity index (χ2v) is 6.85. The fraction of sp³-hybridized carbons (Fsp3) is 0.227. The Hall–Kier alpha value is -3.08. The summed E-state index contributed by atoms with van der Waals surface area (Å²) in [5.74, 6) is -2.59. The first-order valence-corrected chi connectivity index (χ1v) is 8.59. The largest absolute Gasteiger partial charge is 0.507 e. The molecule has 5 heteroatoms. The van der Waals surface area contributed by atoms with Gasteiger partial charge >= 0.3 is 0 Å². The Bertz CT molecular complexity index is 1020. The summed E-state index contributed by atoms with van der Waals surface area (Å²) >= 11 is 0. The number of hydrogen-bond donors (Lipinski definition) is 1. The smallest absolute Gasteiger partial charge is 0.177 e. The highest BCUT2D eigenvalue weighted by molar-refractivity contribution is 6.33. The lowest BCUT2D eigenvalue weighted by Crippen LogP contribution is -2.30. The van der Waals surface area contributed by atoms with Crippen LogP contribution in [-0.4, -0.2) is 22.5 Å². The minimum absolute atomic E-state index is 0.00874. The average molecular weight is 366 g/mol. The van der Waals surface area contributed by atoms with Gasteiger partial charge in [-0.2, -0.15) is 0 Å². The molecular weight excluding hydrogens is 347 g/mol. The molecule has 0 saturated carbocycles. The maximum atomic E-state index is 13.6. The third-order valence-electron chi connectivity index (χ3n) is 4.93. The highest BCUT2D eigenvalue weighted by Gasteiger charge is 2.36. The monoisotopic (exact) mass is 366 g/mol. The van der Waals surface area contributed by atoms with E-state index in [1.54, 1.807) is 25.1 Å². The first-order chi connectivity index (χ1) is 12.7. The van der Waals surface area contributed by atoms with Gasteiger partial charge in [-0.1, -0.05) is 12.1 Å². The molecule has 0 aromatic heterocycles. The summed E-state index contributed by atoms with van der Waals surface area (Å²) in [6, 6.07) is 8.95. The molecule has 1 atom stereocenters. The minimum atomic E-state index is -0.889. The number of rotatable bonds is 3. The summed E-state index contributed by atoms with van der Waals surface area (Å²) in [7, 11) is 0. The summed E-state index contributed by atoms with van der Waals surface area (Å²) in [5.41, 5.74) is 2.14. The van der Waals surface area contributed by atoms with Crippen molar-refractivity contribution in [1.82, 2.24) is 0 Å². The summed E-state index contributed by atoms with van der Waals surface area (Å²) in [4.78, 5) is 36.7. The second kappa shape index (κ2) is 6.91. The summed E-state index contributed by atoms with van der Waals surface area (Å²) in [6.07, 6.45) is 0.223. The Balaban J connectivity index is 2.29. The third kappa shape index (κ3) is 3.33. The number of aryl methyl sites for hydroxylation is 1. The molecule has 0 spiro atoms. The number of aliphatic hydroxyl groups excluding tert-OH is 1. The molecule has 1 aliphatic carbocycles. The van der Waals surface area contributed by atoms with E-state index in [4.69, 9.17) is 0 Å². The highest BCUT2D eigenvalue weighted by Crippen LogP contribution is 2.37. The number of ketones is 3. The lowest BCUT2D eigenvalue weighted by molar-refractivity contribution is -0.128. The van der Waals surface area contributed by atoms with Gasteiger partial charge in [0, 0.05) is 11.1 Å². The number of halogens is 1. The molecule has 3 rings (SSSR count). The zero-order valence-electron chi connectivity index (χ0n) is 15.3. The van der Waals surface area contributed by atoms with Crippen molar-refractivity contribution in [3.05, 3.63) is 70.0 Å². The maximum absolute atomic E-state index is 13.6. The van der Waals surface area contributed by atoms with Crippen LogP contribution in [0.25, 0.3) is 11.3 Å². The van der Waals surface area contributed by atoms with Gasteiger partial charge in [-0.25, -0.2) is 4.39 Å². The normalized spacial score (nSPS) is 18.1. The van der Waals surface area contributed by atoms with Crippen LogP contribution < -0.4 is 0 Å². The molecule has 0 amide bonds. The van der Waals surface area contributed by atoms with Crippen molar-refractivity contribution in [2.45, 2.75) is 27.2 Å². The van der Waals surface area contributed by atoms with Gasteiger partial charge in [0.1, 0.15) is 17.4 Å². The zero-order valence-corrected chi connectivity index (χ0v) is 15.3. The molecular formula is C22H19FO4. The van der Waals surface area contributed by atoms with Crippen molar-refractivity contribution in [3.63, 3.8) is 0 Å². The Morgan fingerprint density at radius 1 is 1.07 bits per heavy atom. The molecule has 2 aromatic rings. The van der Waals surface area contributed by atoms with Crippen LogP contribution in [0.15, 0.2) is 36.4 Å². The average Bonchev–Trinajstić information content (AvgIpc) is 2.62. The summed E-state index contributed by atoms with van der Waals surface area (Å²) in [5, 5.41) is 10.8. The Kier molecular flexibility index (Phi) is 4.79. The van der Waals surface area contributed by atoms with Crippen LogP contribution in [0.4, 0.5) is 4.39 Å². The number of carbonyl (C=O) groups is 3. The van der Waals surface area contributed by atoms with Crippen LogP contribution >= 0.6 is 0 Å². The van der Waals surface area contributed by atoms with Crippen molar-refractivity contribution in [2.24, 2.45) is 5.92 Å². The second-order valence-electron chi connectivity index (χ2n) is 6.85. The molecule has 1 N–H and O–H groups in total. The molecule has 0 bridgehead atoms. The van der Waals surface area contributed by atoms with Crippen molar-refractivity contribution < 1.29 is 23.9 Å². The van der Waals surface area contributed by atoms with Crippen LogP contribution in [0.1, 0.15) is 46.5 Å². The molecule has 1 aliphatic rings. The molecule has 0 fully saturated rings. The van der Waals surface area contributed by atoms with E-state index in [1.165, 1.54) is 32.0 Å². The van der Waals surface area contributed by atoms with Crippen LogP contribution in [0.5, 0.6) is 0 Å². The highest BCUT2D eigenvalue weighted by atomic mass is 19.1. The number of benzene rings is 2. The molecule has 0 heterocycles. The van der Waals surface area contributed by atoms with E-state index in [-0.39, 0.29) is 34.9 Å². The standard InChI is InChI=1S/C22H19FO4/c1-11-8-16(6-7-19(11)23)21(26)20-18-9-14(12(2)24)4-5-15(18)10-17(13(3)25)22(20)27/h4-9,17,26H,10H2,1-3H3/b21-20-. The predicted octanol–water partition coefficient (Wildman–Crippen LogP) is 4.09. The Morgan fingerprint density at radius 2 is 1.74 bits per heavy atom. The van der Waals surface area contributed by atoms with Crippen LogP contribution in [0.3, 0.4) is 0 Å². The lowest BCUT2D eigenvalue weighted by atomic mass is 9.76. The van der Waals surface area contributed by atoms with E-state index in [2.05, 4.69) is 0 Å². The van der Waals surface area contributed by atoms with Crippen LogP contribution in [0.2, 0.25) is 0 Å². The quantitative estimate of drug-likeness (QED) is 0.384.